The van der Waals surface area contributed by atoms with Gasteiger partial charge in [-0.1, -0.05) is 13.3 Å². The molecule has 0 fully saturated rings. The van der Waals surface area contributed by atoms with E-state index >= 15 is 0 Å². The number of aromatic nitrogens is 1. The molecule has 0 saturated heterocycles. The van der Waals surface area contributed by atoms with Gasteiger partial charge < -0.3 is 10.6 Å². The second-order valence-corrected chi connectivity index (χ2v) is 4.43. The van der Waals surface area contributed by atoms with Crippen LogP contribution in [0.25, 0.3) is 0 Å². The normalized spacial score (nSPS) is 12.1. The Balaban J connectivity index is 2.16. The van der Waals surface area contributed by atoms with Gasteiger partial charge in [0.25, 0.3) is 0 Å². The molecule has 4 nitrogen and oxygen atoms in total. The summed E-state index contributed by atoms with van der Waals surface area (Å²) in [5, 5.41) is 6.15. The molecule has 0 aliphatic carbocycles. The van der Waals surface area contributed by atoms with E-state index in [-0.39, 0.29) is 11.9 Å². The molecular weight excluding hydrogens is 226 g/mol. The molecule has 1 atom stereocenters. The first-order valence-electron chi connectivity index (χ1n) is 6.64. The summed E-state index contributed by atoms with van der Waals surface area (Å²) < 4.78 is 0. The van der Waals surface area contributed by atoms with Crippen molar-refractivity contribution in [1.29, 1.82) is 0 Å². The molecule has 1 amide bonds. The number of unbranched alkanes of at least 4 members (excludes halogenated alkanes) is 1. The maximum atomic E-state index is 11.7. The van der Waals surface area contributed by atoms with Crippen LogP contribution in [0.15, 0.2) is 24.5 Å². The summed E-state index contributed by atoms with van der Waals surface area (Å²) >= 11 is 0. The summed E-state index contributed by atoms with van der Waals surface area (Å²) in [6.45, 7) is 5.58. The number of hydrogen-bond donors (Lipinski definition) is 2. The van der Waals surface area contributed by atoms with Crippen molar-refractivity contribution in [2.45, 2.75) is 39.2 Å². The number of carbonyl (C=O) groups excluding carboxylic acids is 1. The van der Waals surface area contributed by atoms with Crippen LogP contribution in [0, 0.1) is 0 Å². The van der Waals surface area contributed by atoms with Crippen LogP contribution in [0.2, 0.25) is 0 Å². The summed E-state index contributed by atoms with van der Waals surface area (Å²) in [6.07, 6.45) is 6.63. The molecule has 1 unspecified atom stereocenters. The lowest BCUT2D eigenvalue weighted by molar-refractivity contribution is -0.122. The lowest BCUT2D eigenvalue weighted by Gasteiger charge is -2.13. The van der Waals surface area contributed by atoms with Crippen molar-refractivity contribution in [2.24, 2.45) is 0 Å². The van der Waals surface area contributed by atoms with Crippen LogP contribution in [0.5, 0.6) is 0 Å². The molecule has 0 aliphatic rings. The van der Waals surface area contributed by atoms with Crippen molar-refractivity contribution in [3.8, 4) is 0 Å². The van der Waals surface area contributed by atoms with Gasteiger partial charge in [0, 0.05) is 18.9 Å². The first-order valence-corrected chi connectivity index (χ1v) is 6.64. The molecule has 2 N–H and O–H groups in total. The number of nitrogens with one attached hydrogen (secondary N) is 2. The Bertz CT molecular complexity index is 340. The Kier molecular flexibility index (Phi) is 7.03. The summed E-state index contributed by atoms with van der Waals surface area (Å²) in [7, 11) is 0. The van der Waals surface area contributed by atoms with E-state index in [1.807, 2.05) is 19.1 Å². The third kappa shape index (κ3) is 5.77. The van der Waals surface area contributed by atoms with E-state index < -0.39 is 0 Å². The highest BCUT2D eigenvalue weighted by Gasteiger charge is 2.10. The van der Waals surface area contributed by atoms with Gasteiger partial charge in [0.1, 0.15) is 0 Å². The molecule has 1 heterocycles. The smallest absolute Gasteiger partial charge is 0.236 e. The predicted molar refractivity (Wildman–Crippen MR) is 73.3 cm³/mol. The van der Waals surface area contributed by atoms with Gasteiger partial charge in [-0.3, -0.25) is 9.78 Å². The van der Waals surface area contributed by atoms with Gasteiger partial charge in [0.05, 0.1) is 6.04 Å². The van der Waals surface area contributed by atoms with Gasteiger partial charge in [-0.05, 0) is 44.0 Å². The van der Waals surface area contributed by atoms with Gasteiger partial charge in [-0.25, -0.2) is 0 Å². The Morgan fingerprint density at radius 3 is 2.72 bits per heavy atom. The third-order valence-electron chi connectivity index (χ3n) is 2.84. The maximum absolute atomic E-state index is 11.7. The molecule has 1 aromatic heterocycles. The molecular formula is C14H23N3O. The molecule has 4 heteroatoms. The van der Waals surface area contributed by atoms with E-state index in [0.29, 0.717) is 0 Å². The van der Waals surface area contributed by atoms with Crippen LogP contribution in [0.3, 0.4) is 0 Å². The van der Waals surface area contributed by atoms with Gasteiger partial charge in [0.2, 0.25) is 5.91 Å². The minimum absolute atomic E-state index is 0.0816. The molecule has 0 aliphatic heterocycles. The number of nitrogens with zero attached hydrogens (tertiary/aromatic N) is 1. The molecule has 18 heavy (non-hydrogen) atoms. The second-order valence-electron chi connectivity index (χ2n) is 4.43. The zero-order valence-electron chi connectivity index (χ0n) is 11.3. The highest BCUT2D eigenvalue weighted by atomic mass is 16.2. The van der Waals surface area contributed by atoms with Crippen LogP contribution in [0.1, 0.15) is 32.3 Å². The standard InChI is InChI=1S/C14H23N3O/c1-3-4-8-17-14(18)12(2)16-11-7-13-5-9-15-10-6-13/h5-6,9-10,12,16H,3-4,7-8,11H2,1-2H3,(H,17,18). The summed E-state index contributed by atoms with van der Waals surface area (Å²) in [4.78, 5) is 15.7. The van der Waals surface area contributed by atoms with Crippen LogP contribution in [-0.2, 0) is 11.2 Å². The van der Waals surface area contributed by atoms with Crippen LogP contribution >= 0.6 is 0 Å². The number of pyridine rings is 1. The maximum Gasteiger partial charge on any atom is 0.236 e. The summed E-state index contributed by atoms with van der Waals surface area (Å²) in [6, 6.07) is 3.85. The van der Waals surface area contributed by atoms with E-state index in [1.54, 1.807) is 12.4 Å². The predicted octanol–water partition coefficient (Wildman–Crippen LogP) is 1.52. The van der Waals surface area contributed by atoms with Crippen molar-refractivity contribution in [3.63, 3.8) is 0 Å². The summed E-state index contributed by atoms with van der Waals surface area (Å²) in [5.74, 6) is 0.0816. The van der Waals surface area contributed by atoms with Crippen molar-refractivity contribution in [2.75, 3.05) is 13.1 Å². The average Bonchev–Trinajstić information content (AvgIpc) is 2.40. The van der Waals surface area contributed by atoms with Gasteiger partial charge in [-0.2, -0.15) is 0 Å². The zero-order chi connectivity index (χ0) is 13.2. The Hall–Kier alpha value is -1.42. The first kappa shape index (κ1) is 14.6. The van der Waals surface area contributed by atoms with Gasteiger partial charge in [0.15, 0.2) is 0 Å². The van der Waals surface area contributed by atoms with Crippen molar-refractivity contribution in [1.82, 2.24) is 15.6 Å². The Morgan fingerprint density at radius 2 is 2.06 bits per heavy atom. The van der Waals surface area contributed by atoms with Gasteiger partial charge >= 0.3 is 0 Å². The first-order chi connectivity index (χ1) is 8.74. The minimum Gasteiger partial charge on any atom is -0.355 e. The number of hydrogen-bond acceptors (Lipinski definition) is 3. The number of amides is 1. The lowest BCUT2D eigenvalue weighted by Crippen LogP contribution is -2.43. The largest absolute Gasteiger partial charge is 0.355 e. The summed E-state index contributed by atoms with van der Waals surface area (Å²) in [5.41, 5.74) is 1.23. The molecule has 0 radical (unpaired) electrons. The van der Waals surface area contributed by atoms with Crippen molar-refractivity contribution >= 4 is 5.91 Å². The zero-order valence-corrected chi connectivity index (χ0v) is 11.3. The molecule has 1 rings (SSSR count). The number of rotatable bonds is 8. The van der Waals surface area contributed by atoms with Crippen molar-refractivity contribution < 1.29 is 4.79 Å². The third-order valence-corrected chi connectivity index (χ3v) is 2.84. The Labute approximate surface area is 109 Å². The lowest BCUT2D eigenvalue weighted by atomic mass is 10.2. The quantitative estimate of drug-likeness (QED) is 0.687. The van der Waals surface area contributed by atoms with Gasteiger partial charge in [-0.15, -0.1) is 0 Å². The molecule has 100 valence electrons. The van der Waals surface area contributed by atoms with Crippen molar-refractivity contribution in [3.05, 3.63) is 30.1 Å². The van der Waals surface area contributed by atoms with E-state index in [2.05, 4.69) is 22.5 Å². The Morgan fingerprint density at radius 1 is 1.33 bits per heavy atom. The topological polar surface area (TPSA) is 54.0 Å². The van der Waals surface area contributed by atoms with Crippen LogP contribution in [0.4, 0.5) is 0 Å². The minimum atomic E-state index is -0.135. The average molecular weight is 249 g/mol. The fraction of sp³-hybridized carbons (Fsp3) is 0.571. The second kappa shape index (κ2) is 8.64. The van der Waals surface area contributed by atoms with E-state index in [0.717, 1.165) is 32.4 Å². The molecule has 0 saturated carbocycles. The van der Waals surface area contributed by atoms with E-state index in [4.69, 9.17) is 0 Å². The highest BCUT2D eigenvalue weighted by molar-refractivity contribution is 5.81. The molecule has 1 aromatic rings. The molecule has 0 bridgehead atoms. The van der Waals surface area contributed by atoms with Crippen LogP contribution < -0.4 is 10.6 Å². The molecule has 0 spiro atoms. The number of carbonyl (C=O) groups is 1. The monoisotopic (exact) mass is 249 g/mol. The SMILES string of the molecule is CCCCNC(=O)C(C)NCCc1ccncc1. The van der Waals surface area contributed by atoms with E-state index in [1.165, 1.54) is 5.56 Å². The fourth-order valence-electron chi connectivity index (χ4n) is 1.62. The fourth-order valence-corrected chi connectivity index (χ4v) is 1.62. The highest BCUT2D eigenvalue weighted by Crippen LogP contribution is 1.96. The van der Waals surface area contributed by atoms with E-state index in [9.17, 15) is 4.79 Å². The van der Waals surface area contributed by atoms with Crippen LogP contribution in [-0.4, -0.2) is 30.0 Å². The molecule has 0 aromatic carbocycles.